The standard InChI is InChI=1S/C27H44N6O2/c34-25-20-23(21-30-14-16-31(17-15-30)24-10-5-2-6-11-24)28-27(29-25)33-13-7-12-32(18-19-33)26(35)22-8-3-1-4-9-22/h20,22,24H,1-19,21H2,(H,28,29,34). The molecule has 0 aromatic carbocycles. The Labute approximate surface area is 210 Å². The Balaban J connectivity index is 1.15. The van der Waals surface area contributed by atoms with Crippen molar-refractivity contribution in [1.29, 1.82) is 0 Å². The number of amides is 1. The lowest BCUT2D eigenvalue weighted by Crippen LogP contribution is -2.50. The minimum atomic E-state index is -0.0785. The number of hydrogen-bond acceptors (Lipinski definition) is 6. The third-order valence-corrected chi connectivity index (χ3v) is 8.73. The molecule has 4 aliphatic rings. The van der Waals surface area contributed by atoms with Crippen LogP contribution in [0.25, 0.3) is 0 Å². The summed E-state index contributed by atoms with van der Waals surface area (Å²) >= 11 is 0. The van der Waals surface area contributed by atoms with Gasteiger partial charge in [-0.1, -0.05) is 38.5 Å². The zero-order chi connectivity index (χ0) is 24.0. The van der Waals surface area contributed by atoms with Crippen molar-refractivity contribution in [2.24, 2.45) is 5.92 Å². The normalized spacial score (nSPS) is 24.5. The van der Waals surface area contributed by atoms with Crippen LogP contribution in [0, 0.1) is 5.92 Å². The molecule has 2 aliphatic carbocycles. The molecule has 8 nitrogen and oxygen atoms in total. The molecule has 0 radical (unpaired) electrons. The molecule has 0 bridgehead atoms. The Kier molecular flexibility index (Phi) is 8.39. The van der Waals surface area contributed by atoms with E-state index >= 15 is 0 Å². The summed E-state index contributed by atoms with van der Waals surface area (Å²) in [6.07, 6.45) is 13.5. The summed E-state index contributed by atoms with van der Waals surface area (Å²) in [4.78, 5) is 42.7. The molecule has 1 aromatic heterocycles. The number of carbonyl (C=O) groups is 1. The van der Waals surface area contributed by atoms with E-state index in [9.17, 15) is 9.59 Å². The average molecular weight is 485 g/mol. The molecule has 0 atom stereocenters. The predicted octanol–water partition coefficient (Wildman–Crippen LogP) is 2.84. The smallest absolute Gasteiger partial charge is 0.252 e. The molecular weight excluding hydrogens is 440 g/mol. The summed E-state index contributed by atoms with van der Waals surface area (Å²) < 4.78 is 0. The second-order valence-electron chi connectivity index (χ2n) is 11.2. The third kappa shape index (κ3) is 6.45. The van der Waals surface area contributed by atoms with E-state index in [0.717, 1.165) is 83.4 Å². The van der Waals surface area contributed by atoms with E-state index < -0.39 is 0 Å². The second kappa shape index (κ2) is 11.9. The molecule has 35 heavy (non-hydrogen) atoms. The van der Waals surface area contributed by atoms with Crippen LogP contribution in [0.4, 0.5) is 5.95 Å². The molecule has 0 unspecified atom stereocenters. The minimum Gasteiger partial charge on any atom is -0.341 e. The Hall–Kier alpha value is -1.93. The van der Waals surface area contributed by atoms with Crippen LogP contribution in [-0.4, -0.2) is 89.0 Å². The molecular formula is C27H44N6O2. The van der Waals surface area contributed by atoms with Crippen LogP contribution in [0.5, 0.6) is 0 Å². The Morgan fingerprint density at radius 2 is 1.54 bits per heavy atom. The van der Waals surface area contributed by atoms with Crippen LogP contribution in [0.2, 0.25) is 0 Å². The zero-order valence-corrected chi connectivity index (χ0v) is 21.4. The lowest BCUT2D eigenvalue weighted by molar-refractivity contribution is -0.136. The summed E-state index contributed by atoms with van der Waals surface area (Å²) in [5.74, 6) is 1.23. The summed E-state index contributed by atoms with van der Waals surface area (Å²) in [5.41, 5.74) is 0.777. The molecule has 0 spiro atoms. The monoisotopic (exact) mass is 484 g/mol. The van der Waals surface area contributed by atoms with Crippen molar-refractivity contribution >= 4 is 11.9 Å². The maximum atomic E-state index is 13.0. The molecule has 5 rings (SSSR count). The highest BCUT2D eigenvalue weighted by molar-refractivity contribution is 5.79. The van der Waals surface area contributed by atoms with E-state index in [1.54, 1.807) is 6.07 Å². The van der Waals surface area contributed by atoms with Gasteiger partial charge < -0.3 is 9.80 Å². The van der Waals surface area contributed by atoms with Gasteiger partial charge in [0, 0.05) is 76.9 Å². The Morgan fingerprint density at radius 3 is 2.29 bits per heavy atom. The van der Waals surface area contributed by atoms with Gasteiger partial charge >= 0.3 is 0 Å². The van der Waals surface area contributed by atoms with Crippen LogP contribution in [0.1, 0.15) is 76.3 Å². The van der Waals surface area contributed by atoms with Gasteiger partial charge in [-0.2, -0.15) is 0 Å². The highest BCUT2D eigenvalue weighted by atomic mass is 16.2. The molecule has 1 N–H and O–H groups in total. The molecule has 8 heteroatoms. The predicted molar refractivity (Wildman–Crippen MR) is 139 cm³/mol. The van der Waals surface area contributed by atoms with Gasteiger partial charge in [0.2, 0.25) is 11.9 Å². The number of H-pyrrole nitrogens is 1. The molecule has 4 fully saturated rings. The largest absolute Gasteiger partial charge is 0.341 e. The van der Waals surface area contributed by atoms with E-state index in [1.165, 1.54) is 51.4 Å². The van der Waals surface area contributed by atoms with Gasteiger partial charge in [-0.15, -0.1) is 0 Å². The topological polar surface area (TPSA) is 75.8 Å². The van der Waals surface area contributed by atoms with Gasteiger partial charge in [0.25, 0.3) is 5.56 Å². The van der Waals surface area contributed by atoms with Crippen LogP contribution in [-0.2, 0) is 11.3 Å². The number of rotatable bonds is 5. The summed E-state index contributed by atoms with van der Waals surface area (Å²) in [5, 5.41) is 0. The molecule has 1 aromatic rings. The van der Waals surface area contributed by atoms with Gasteiger partial charge in [-0.05, 0) is 32.1 Å². The number of piperazine rings is 1. The number of aromatic nitrogens is 2. The first-order valence-electron chi connectivity index (χ1n) is 14.3. The SMILES string of the molecule is O=C(C1CCCCC1)N1CCCN(c2nc(CN3CCN(C4CCCCC4)CC3)cc(=O)[nH]2)CC1. The zero-order valence-electron chi connectivity index (χ0n) is 21.4. The Morgan fingerprint density at radius 1 is 0.829 bits per heavy atom. The van der Waals surface area contributed by atoms with Gasteiger partial charge in [0.15, 0.2) is 0 Å². The van der Waals surface area contributed by atoms with Crippen LogP contribution in [0.15, 0.2) is 10.9 Å². The van der Waals surface area contributed by atoms with Crippen molar-refractivity contribution in [1.82, 2.24) is 24.7 Å². The van der Waals surface area contributed by atoms with E-state index in [1.807, 2.05) is 0 Å². The maximum Gasteiger partial charge on any atom is 0.252 e. The minimum absolute atomic E-state index is 0.0785. The van der Waals surface area contributed by atoms with Gasteiger partial charge in [-0.3, -0.25) is 24.4 Å². The number of nitrogens with zero attached hydrogens (tertiary/aromatic N) is 5. The second-order valence-corrected chi connectivity index (χ2v) is 11.2. The third-order valence-electron chi connectivity index (χ3n) is 8.73. The van der Waals surface area contributed by atoms with Crippen molar-refractivity contribution in [3.63, 3.8) is 0 Å². The highest BCUT2D eigenvalue weighted by Crippen LogP contribution is 2.26. The van der Waals surface area contributed by atoms with Crippen molar-refractivity contribution in [2.75, 3.05) is 57.3 Å². The molecule has 3 heterocycles. The number of anilines is 1. The number of nitrogens with one attached hydrogen (secondary N) is 1. The fraction of sp³-hybridized carbons (Fsp3) is 0.815. The fourth-order valence-corrected chi connectivity index (χ4v) is 6.64. The van der Waals surface area contributed by atoms with Gasteiger partial charge in [0.05, 0.1) is 5.69 Å². The quantitative estimate of drug-likeness (QED) is 0.693. The number of aromatic amines is 1. The summed E-state index contributed by atoms with van der Waals surface area (Å²) in [7, 11) is 0. The lowest BCUT2D eigenvalue weighted by Gasteiger charge is -2.40. The van der Waals surface area contributed by atoms with Crippen LogP contribution < -0.4 is 10.5 Å². The van der Waals surface area contributed by atoms with E-state index in [0.29, 0.717) is 18.4 Å². The molecule has 2 saturated heterocycles. The number of hydrogen-bond donors (Lipinski definition) is 1. The van der Waals surface area contributed by atoms with Gasteiger partial charge in [-0.25, -0.2) is 4.98 Å². The van der Waals surface area contributed by atoms with Crippen molar-refractivity contribution in [2.45, 2.75) is 83.2 Å². The van der Waals surface area contributed by atoms with Gasteiger partial charge in [0.1, 0.15) is 0 Å². The van der Waals surface area contributed by atoms with Crippen molar-refractivity contribution in [3.05, 3.63) is 22.1 Å². The van der Waals surface area contributed by atoms with Crippen LogP contribution in [0.3, 0.4) is 0 Å². The fourth-order valence-electron chi connectivity index (χ4n) is 6.64. The average Bonchev–Trinajstić information content (AvgIpc) is 3.16. The molecule has 2 aliphatic heterocycles. The highest BCUT2D eigenvalue weighted by Gasteiger charge is 2.28. The van der Waals surface area contributed by atoms with E-state index in [-0.39, 0.29) is 11.5 Å². The Bertz CT molecular complexity index is 884. The first-order chi connectivity index (χ1) is 17.2. The molecule has 194 valence electrons. The van der Waals surface area contributed by atoms with Crippen LogP contribution >= 0.6 is 0 Å². The van der Waals surface area contributed by atoms with E-state index in [2.05, 4.69) is 24.6 Å². The van der Waals surface area contributed by atoms with Crippen molar-refractivity contribution in [3.8, 4) is 0 Å². The first-order valence-corrected chi connectivity index (χ1v) is 14.3. The van der Waals surface area contributed by atoms with E-state index in [4.69, 9.17) is 4.98 Å². The number of carbonyl (C=O) groups excluding carboxylic acids is 1. The van der Waals surface area contributed by atoms with Crippen molar-refractivity contribution < 1.29 is 4.79 Å². The maximum absolute atomic E-state index is 13.0. The first kappa shape index (κ1) is 24.8. The summed E-state index contributed by atoms with van der Waals surface area (Å²) in [6.45, 7) is 8.13. The molecule has 2 saturated carbocycles. The lowest BCUT2D eigenvalue weighted by atomic mass is 9.88. The molecule has 1 amide bonds. The summed E-state index contributed by atoms with van der Waals surface area (Å²) in [6, 6.07) is 2.44.